The molecule has 0 saturated heterocycles. The van der Waals surface area contributed by atoms with Crippen molar-refractivity contribution in [3.63, 3.8) is 0 Å². The number of anilines is 2. The van der Waals surface area contributed by atoms with Crippen LogP contribution >= 0.6 is 0 Å². The number of methoxy groups -OCH3 is 2. The largest absolute Gasteiger partial charge is 0.493 e. The third-order valence-electron chi connectivity index (χ3n) is 4.53. The Morgan fingerprint density at radius 3 is 2.40 bits per heavy atom. The van der Waals surface area contributed by atoms with Crippen molar-refractivity contribution in [2.75, 3.05) is 19.5 Å². The van der Waals surface area contributed by atoms with E-state index in [4.69, 9.17) is 9.47 Å². The van der Waals surface area contributed by atoms with Gasteiger partial charge in [-0.25, -0.2) is 13.8 Å². The number of nitrogens with one attached hydrogen (secondary N) is 1. The Morgan fingerprint density at radius 1 is 1.03 bits per heavy atom. The molecule has 2 aromatic heterocycles. The summed E-state index contributed by atoms with van der Waals surface area (Å²) in [5.74, 6) is -2.21. The van der Waals surface area contributed by atoms with Gasteiger partial charge in [-0.15, -0.1) is 0 Å². The molecule has 0 saturated carbocycles. The van der Waals surface area contributed by atoms with Crippen molar-refractivity contribution in [2.45, 2.75) is 0 Å². The molecule has 7 nitrogen and oxygen atoms in total. The highest BCUT2D eigenvalue weighted by atomic mass is 19.1. The minimum Gasteiger partial charge on any atom is -0.493 e. The van der Waals surface area contributed by atoms with Gasteiger partial charge >= 0.3 is 0 Å². The highest BCUT2D eigenvalue weighted by molar-refractivity contribution is 5.83. The Kier molecular flexibility index (Phi) is 5.01. The van der Waals surface area contributed by atoms with E-state index < -0.39 is 17.3 Å². The molecule has 0 amide bonds. The minimum atomic E-state index is -0.921. The van der Waals surface area contributed by atoms with Gasteiger partial charge in [0, 0.05) is 18.0 Å². The first-order valence-corrected chi connectivity index (χ1v) is 8.82. The molecule has 2 heterocycles. The molecule has 0 spiro atoms. The van der Waals surface area contributed by atoms with E-state index in [2.05, 4.69) is 15.3 Å². The summed E-state index contributed by atoms with van der Waals surface area (Å²) < 4.78 is 40.5. The van der Waals surface area contributed by atoms with Crippen LogP contribution in [0.25, 0.3) is 16.6 Å². The fourth-order valence-electron chi connectivity index (χ4n) is 3.02. The van der Waals surface area contributed by atoms with Crippen molar-refractivity contribution in [1.29, 1.82) is 0 Å². The first kappa shape index (κ1) is 19.3. The van der Waals surface area contributed by atoms with E-state index in [1.165, 1.54) is 37.4 Å². The molecule has 0 aliphatic heterocycles. The molecule has 0 fully saturated rings. The monoisotopic (exact) mass is 410 g/mol. The van der Waals surface area contributed by atoms with E-state index in [-0.39, 0.29) is 22.4 Å². The minimum absolute atomic E-state index is 0.183. The van der Waals surface area contributed by atoms with Crippen LogP contribution in [0.5, 0.6) is 11.5 Å². The molecule has 152 valence electrons. The zero-order chi connectivity index (χ0) is 21.3. The highest BCUT2D eigenvalue weighted by Gasteiger charge is 2.20. The molecule has 2 aromatic carbocycles. The van der Waals surface area contributed by atoms with E-state index in [9.17, 15) is 13.6 Å². The Labute approximate surface area is 169 Å². The number of aromatic nitrogens is 3. The zero-order valence-corrected chi connectivity index (χ0v) is 16.0. The Bertz CT molecular complexity index is 1260. The van der Waals surface area contributed by atoms with Crippen LogP contribution < -0.4 is 20.3 Å². The number of fused-ring (bicyclic) bond motifs is 1. The van der Waals surface area contributed by atoms with E-state index in [0.29, 0.717) is 16.9 Å². The van der Waals surface area contributed by atoms with E-state index in [1.807, 2.05) is 0 Å². The first-order valence-electron chi connectivity index (χ1n) is 8.82. The maximum absolute atomic E-state index is 14.6. The van der Waals surface area contributed by atoms with Crippen molar-refractivity contribution < 1.29 is 18.3 Å². The van der Waals surface area contributed by atoms with Gasteiger partial charge in [-0.3, -0.25) is 14.3 Å². The number of pyridine rings is 1. The van der Waals surface area contributed by atoms with Crippen LogP contribution in [0.15, 0.2) is 59.9 Å². The van der Waals surface area contributed by atoms with Crippen LogP contribution in [-0.4, -0.2) is 28.8 Å². The predicted molar refractivity (Wildman–Crippen MR) is 108 cm³/mol. The third-order valence-corrected chi connectivity index (χ3v) is 4.53. The van der Waals surface area contributed by atoms with Crippen molar-refractivity contribution in [2.24, 2.45) is 0 Å². The summed E-state index contributed by atoms with van der Waals surface area (Å²) >= 11 is 0. The van der Waals surface area contributed by atoms with Gasteiger partial charge in [0.1, 0.15) is 12.0 Å². The summed E-state index contributed by atoms with van der Waals surface area (Å²) in [4.78, 5) is 21.2. The topological polar surface area (TPSA) is 78.3 Å². The summed E-state index contributed by atoms with van der Waals surface area (Å²) in [7, 11) is 2.53. The molecule has 0 bridgehead atoms. The number of rotatable bonds is 5. The maximum atomic E-state index is 14.6. The number of nitrogens with zero attached hydrogens (tertiary/aromatic N) is 3. The molecular formula is C21H16F2N4O3. The molecule has 4 aromatic rings. The van der Waals surface area contributed by atoms with Gasteiger partial charge in [-0.2, -0.15) is 0 Å². The number of hydrogen-bond acceptors (Lipinski definition) is 6. The van der Waals surface area contributed by atoms with Gasteiger partial charge in [0.25, 0.3) is 5.56 Å². The number of halogens is 2. The molecule has 0 aliphatic rings. The lowest BCUT2D eigenvalue weighted by Gasteiger charge is -2.14. The Morgan fingerprint density at radius 2 is 1.77 bits per heavy atom. The van der Waals surface area contributed by atoms with E-state index in [1.54, 1.807) is 30.5 Å². The molecular weight excluding hydrogens is 394 g/mol. The van der Waals surface area contributed by atoms with Crippen molar-refractivity contribution in [3.05, 3.63) is 77.1 Å². The molecule has 0 radical (unpaired) electrons. The van der Waals surface area contributed by atoms with Gasteiger partial charge in [0.15, 0.2) is 23.1 Å². The van der Waals surface area contributed by atoms with E-state index >= 15 is 0 Å². The summed E-state index contributed by atoms with van der Waals surface area (Å²) in [6.45, 7) is 0. The van der Waals surface area contributed by atoms with Gasteiger partial charge in [0.2, 0.25) is 0 Å². The summed E-state index contributed by atoms with van der Waals surface area (Å²) in [5.41, 5.74) is 0.473. The Balaban J connectivity index is 1.82. The van der Waals surface area contributed by atoms with Crippen molar-refractivity contribution in [3.8, 4) is 17.2 Å². The summed E-state index contributed by atoms with van der Waals surface area (Å²) in [6.07, 6.45) is 4.53. The lowest BCUT2D eigenvalue weighted by atomic mass is 10.2. The van der Waals surface area contributed by atoms with Crippen LogP contribution in [-0.2, 0) is 0 Å². The van der Waals surface area contributed by atoms with Gasteiger partial charge in [-0.05, 0) is 30.3 Å². The fourth-order valence-corrected chi connectivity index (χ4v) is 3.02. The molecule has 0 unspecified atom stereocenters. The second kappa shape index (κ2) is 7.78. The van der Waals surface area contributed by atoms with Crippen LogP contribution in [0.2, 0.25) is 0 Å². The smallest absolute Gasteiger partial charge is 0.265 e. The second-order valence-corrected chi connectivity index (χ2v) is 6.27. The lowest BCUT2D eigenvalue weighted by molar-refractivity contribution is 0.360. The van der Waals surface area contributed by atoms with Gasteiger partial charge < -0.3 is 14.8 Å². The number of benzene rings is 2. The van der Waals surface area contributed by atoms with Crippen LogP contribution in [0.1, 0.15) is 0 Å². The third kappa shape index (κ3) is 3.30. The maximum Gasteiger partial charge on any atom is 0.265 e. The van der Waals surface area contributed by atoms with Crippen LogP contribution in [0.3, 0.4) is 0 Å². The first-order chi connectivity index (χ1) is 14.5. The lowest BCUT2D eigenvalue weighted by Crippen LogP contribution is -2.19. The molecule has 4 rings (SSSR count). The quantitative estimate of drug-likeness (QED) is 0.539. The second-order valence-electron chi connectivity index (χ2n) is 6.27. The van der Waals surface area contributed by atoms with Gasteiger partial charge in [0.05, 0.1) is 37.0 Å². The normalized spacial score (nSPS) is 10.8. The summed E-state index contributed by atoms with van der Waals surface area (Å²) in [5, 5.41) is 2.94. The molecule has 0 aliphatic carbocycles. The fraction of sp³-hybridized carbons (Fsp3) is 0.0952. The van der Waals surface area contributed by atoms with Crippen molar-refractivity contribution >= 4 is 22.3 Å². The zero-order valence-electron chi connectivity index (χ0n) is 16.0. The van der Waals surface area contributed by atoms with E-state index in [0.717, 1.165) is 6.07 Å². The summed E-state index contributed by atoms with van der Waals surface area (Å²) in [6, 6.07) is 9.16. The predicted octanol–water partition coefficient (Wildman–Crippen LogP) is 3.82. The number of ether oxygens (including phenoxy) is 2. The highest BCUT2D eigenvalue weighted by Crippen LogP contribution is 2.36. The van der Waals surface area contributed by atoms with Crippen molar-refractivity contribution in [1.82, 2.24) is 14.5 Å². The average Bonchev–Trinajstić information content (AvgIpc) is 2.78. The van der Waals surface area contributed by atoms with Crippen LogP contribution in [0.4, 0.5) is 20.2 Å². The SMILES string of the molecule is COc1cc(OC)c(F)c(Nc2ccc3ncn(-c4cccnc4)c(=O)c3c2)c1F. The standard InChI is InChI=1S/C21H16F2N4O3/c1-29-16-9-17(30-2)19(23)20(18(16)22)26-12-5-6-15-14(8-12)21(28)27(11-25-15)13-4-3-7-24-10-13/h3-11,26H,1-2H3. The number of hydrogen-bond donors (Lipinski definition) is 1. The molecule has 30 heavy (non-hydrogen) atoms. The Hall–Kier alpha value is -4.01. The molecule has 9 heteroatoms. The molecule has 0 atom stereocenters. The van der Waals surface area contributed by atoms with Gasteiger partial charge in [-0.1, -0.05) is 0 Å². The average molecular weight is 410 g/mol. The molecule has 1 N–H and O–H groups in total. The van der Waals surface area contributed by atoms with Crippen LogP contribution in [0, 0.1) is 11.6 Å².